The number of aromatic nitrogens is 1. The first kappa shape index (κ1) is 13.0. The lowest BCUT2D eigenvalue weighted by Gasteiger charge is -2.20. The molecule has 1 aromatic carbocycles. The summed E-state index contributed by atoms with van der Waals surface area (Å²) in [6.07, 6.45) is 3.51. The van der Waals surface area contributed by atoms with Crippen LogP contribution in [0.5, 0.6) is 0 Å². The molecule has 1 aromatic heterocycles. The van der Waals surface area contributed by atoms with E-state index in [1.807, 2.05) is 0 Å². The van der Waals surface area contributed by atoms with Crippen molar-refractivity contribution in [3.05, 3.63) is 33.9 Å². The number of benzene rings is 1. The Morgan fingerprint density at radius 1 is 1.37 bits per heavy atom. The SMILES string of the molecule is O=C(c1c[nH]c2cc(Cl)cc(Cl)c12)C1CCCOC1. The van der Waals surface area contributed by atoms with Crippen LogP contribution >= 0.6 is 23.2 Å². The number of hydrogen-bond acceptors (Lipinski definition) is 2. The lowest BCUT2D eigenvalue weighted by molar-refractivity contribution is 0.0462. The number of fused-ring (bicyclic) bond motifs is 1. The monoisotopic (exact) mass is 297 g/mol. The number of aromatic amines is 1. The third kappa shape index (κ3) is 2.38. The highest BCUT2D eigenvalue weighted by atomic mass is 35.5. The molecule has 1 aliphatic rings. The zero-order valence-electron chi connectivity index (χ0n) is 10.2. The minimum atomic E-state index is -0.0699. The van der Waals surface area contributed by atoms with Gasteiger partial charge in [0.05, 0.1) is 11.6 Å². The van der Waals surface area contributed by atoms with E-state index in [2.05, 4.69) is 4.98 Å². The van der Waals surface area contributed by atoms with E-state index in [0.29, 0.717) is 22.2 Å². The van der Waals surface area contributed by atoms with Gasteiger partial charge in [0.1, 0.15) is 0 Å². The molecular formula is C14H13Cl2NO2. The molecule has 100 valence electrons. The molecule has 19 heavy (non-hydrogen) atoms. The Morgan fingerprint density at radius 3 is 2.95 bits per heavy atom. The zero-order valence-corrected chi connectivity index (χ0v) is 11.7. The van der Waals surface area contributed by atoms with Gasteiger partial charge in [0, 0.05) is 40.2 Å². The first-order valence-corrected chi connectivity index (χ1v) is 7.00. The molecule has 5 heteroatoms. The third-order valence-corrected chi connectivity index (χ3v) is 4.01. The van der Waals surface area contributed by atoms with Crippen molar-refractivity contribution in [1.82, 2.24) is 4.98 Å². The molecule has 3 rings (SSSR count). The number of Topliss-reactive ketones (excluding diaryl/α,β-unsaturated/α-hetero) is 1. The fourth-order valence-electron chi connectivity index (χ4n) is 2.55. The van der Waals surface area contributed by atoms with Gasteiger partial charge in [-0.2, -0.15) is 0 Å². The molecule has 0 amide bonds. The molecule has 1 atom stereocenters. The highest BCUT2D eigenvalue weighted by molar-refractivity contribution is 6.39. The number of ketones is 1. The Labute approximate surface area is 120 Å². The number of hydrogen-bond donors (Lipinski definition) is 1. The molecule has 2 aromatic rings. The van der Waals surface area contributed by atoms with Crippen molar-refractivity contribution in [3.63, 3.8) is 0 Å². The molecule has 1 aliphatic heterocycles. The van der Waals surface area contributed by atoms with Crippen LogP contribution in [0.15, 0.2) is 18.3 Å². The first-order valence-electron chi connectivity index (χ1n) is 6.25. The minimum Gasteiger partial charge on any atom is -0.381 e. The fraction of sp³-hybridized carbons (Fsp3) is 0.357. The number of H-pyrrole nitrogens is 1. The Morgan fingerprint density at radius 2 is 2.21 bits per heavy atom. The van der Waals surface area contributed by atoms with Gasteiger partial charge in [-0.1, -0.05) is 23.2 Å². The van der Waals surface area contributed by atoms with E-state index in [1.165, 1.54) is 0 Å². The maximum Gasteiger partial charge on any atom is 0.170 e. The smallest absolute Gasteiger partial charge is 0.170 e. The van der Waals surface area contributed by atoms with Gasteiger partial charge in [0.25, 0.3) is 0 Å². The lowest BCUT2D eigenvalue weighted by atomic mass is 9.92. The van der Waals surface area contributed by atoms with Gasteiger partial charge in [-0.05, 0) is 25.0 Å². The Kier molecular flexibility index (Phi) is 3.52. The van der Waals surface area contributed by atoms with Crippen molar-refractivity contribution in [1.29, 1.82) is 0 Å². The van der Waals surface area contributed by atoms with Gasteiger partial charge in [-0.3, -0.25) is 4.79 Å². The van der Waals surface area contributed by atoms with E-state index in [4.69, 9.17) is 27.9 Å². The van der Waals surface area contributed by atoms with E-state index >= 15 is 0 Å². The van der Waals surface area contributed by atoms with Crippen molar-refractivity contribution >= 4 is 39.9 Å². The third-order valence-electron chi connectivity index (χ3n) is 3.49. The van der Waals surface area contributed by atoms with Crippen molar-refractivity contribution in [3.8, 4) is 0 Å². The topological polar surface area (TPSA) is 42.1 Å². The predicted octanol–water partition coefficient (Wildman–Crippen LogP) is 4.08. The number of rotatable bonds is 2. The molecule has 0 radical (unpaired) electrons. The highest BCUT2D eigenvalue weighted by Gasteiger charge is 2.25. The first-order chi connectivity index (χ1) is 9.16. The van der Waals surface area contributed by atoms with Crippen LogP contribution in [0.1, 0.15) is 23.2 Å². The number of carbonyl (C=O) groups excluding carboxylic acids is 1. The second-order valence-electron chi connectivity index (χ2n) is 4.79. The highest BCUT2D eigenvalue weighted by Crippen LogP contribution is 2.32. The average molecular weight is 298 g/mol. The van der Waals surface area contributed by atoms with Crippen LogP contribution in [-0.2, 0) is 4.74 Å². The lowest BCUT2D eigenvalue weighted by Crippen LogP contribution is -2.25. The summed E-state index contributed by atoms with van der Waals surface area (Å²) >= 11 is 12.2. The molecule has 0 saturated carbocycles. The second kappa shape index (κ2) is 5.16. The molecule has 2 heterocycles. The molecule has 1 saturated heterocycles. The van der Waals surface area contributed by atoms with Crippen molar-refractivity contribution in [2.45, 2.75) is 12.8 Å². The quantitative estimate of drug-likeness (QED) is 0.849. The zero-order chi connectivity index (χ0) is 13.4. The second-order valence-corrected chi connectivity index (χ2v) is 5.63. The normalized spacial score (nSPS) is 19.8. The van der Waals surface area contributed by atoms with Gasteiger partial charge >= 0.3 is 0 Å². The largest absolute Gasteiger partial charge is 0.381 e. The Hall–Kier alpha value is -1.03. The molecule has 0 spiro atoms. The molecule has 1 N–H and O–H groups in total. The van der Waals surface area contributed by atoms with Gasteiger partial charge in [0.15, 0.2) is 5.78 Å². The van der Waals surface area contributed by atoms with Gasteiger partial charge < -0.3 is 9.72 Å². The Bertz CT molecular complexity index is 630. The predicted molar refractivity (Wildman–Crippen MR) is 76.2 cm³/mol. The molecule has 1 unspecified atom stereocenters. The maximum absolute atomic E-state index is 12.5. The van der Waals surface area contributed by atoms with Crippen LogP contribution in [0.2, 0.25) is 10.0 Å². The summed E-state index contributed by atoms with van der Waals surface area (Å²) in [6.45, 7) is 1.24. The number of carbonyl (C=O) groups is 1. The summed E-state index contributed by atoms with van der Waals surface area (Å²) < 4.78 is 5.38. The summed E-state index contributed by atoms with van der Waals surface area (Å²) in [5, 5.41) is 1.81. The fourth-order valence-corrected chi connectivity index (χ4v) is 3.14. The van der Waals surface area contributed by atoms with Gasteiger partial charge in [-0.25, -0.2) is 0 Å². The van der Waals surface area contributed by atoms with Crippen molar-refractivity contribution in [2.75, 3.05) is 13.2 Å². The molecule has 3 nitrogen and oxygen atoms in total. The van der Waals surface area contributed by atoms with Crippen LogP contribution in [0, 0.1) is 5.92 Å². The summed E-state index contributed by atoms with van der Waals surface area (Å²) in [4.78, 5) is 15.6. The van der Waals surface area contributed by atoms with E-state index < -0.39 is 0 Å². The minimum absolute atomic E-state index is 0.0699. The van der Waals surface area contributed by atoms with Crippen LogP contribution in [0.25, 0.3) is 10.9 Å². The van der Waals surface area contributed by atoms with Crippen molar-refractivity contribution < 1.29 is 9.53 Å². The molecular weight excluding hydrogens is 285 g/mol. The van der Waals surface area contributed by atoms with E-state index in [-0.39, 0.29) is 11.7 Å². The summed E-state index contributed by atoms with van der Waals surface area (Å²) in [7, 11) is 0. The van der Waals surface area contributed by atoms with Crippen LogP contribution in [0.3, 0.4) is 0 Å². The summed E-state index contributed by atoms with van der Waals surface area (Å²) in [6, 6.07) is 3.43. The van der Waals surface area contributed by atoms with E-state index in [0.717, 1.165) is 30.4 Å². The van der Waals surface area contributed by atoms with Crippen LogP contribution in [0.4, 0.5) is 0 Å². The summed E-state index contributed by atoms with van der Waals surface area (Å²) in [5.41, 5.74) is 1.42. The maximum atomic E-state index is 12.5. The summed E-state index contributed by atoms with van der Waals surface area (Å²) in [5.74, 6) is 0.0228. The number of nitrogens with one attached hydrogen (secondary N) is 1. The van der Waals surface area contributed by atoms with Crippen LogP contribution < -0.4 is 0 Å². The van der Waals surface area contributed by atoms with E-state index in [1.54, 1.807) is 18.3 Å². The molecule has 0 aliphatic carbocycles. The standard InChI is InChI=1S/C14H13Cl2NO2/c15-9-4-11(16)13-10(6-17-12(13)5-9)14(18)8-2-1-3-19-7-8/h4-6,8,17H,1-3,7H2. The molecule has 0 bridgehead atoms. The van der Waals surface area contributed by atoms with Gasteiger partial charge in [-0.15, -0.1) is 0 Å². The number of halogens is 2. The van der Waals surface area contributed by atoms with E-state index in [9.17, 15) is 4.79 Å². The molecule has 1 fully saturated rings. The number of ether oxygens (including phenoxy) is 1. The average Bonchev–Trinajstić information content (AvgIpc) is 2.83. The van der Waals surface area contributed by atoms with Crippen molar-refractivity contribution in [2.24, 2.45) is 5.92 Å². The van der Waals surface area contributed by atoms with Crippen LogP contribution in [-0.4, -0.2) is 24.0 Å². The van der Waals surface area contributed by atoms with Gasteiger partial charge in [0.2, 0.25) is 0 Å². The Balaban J connectivity index is 2.03.